The van der Waals surface area contributed by atoms with Gasteiger partial charge in [-0.2, -0.15) is 13.2 Å². The Morgan fingerprint density at radius 3 is 2.52 bits per heavy atom. The Morgan fingerprint density at radius 1 is 1.24 bits per heavy atom. The van der Waals surface area contributed by atoms with Gasteiger partial charge in [0.2, 0.25) is 0 Å². The van der Waals surface area contributed by atoms with Crippen molar-refractivity contribution < 1.29 is 27.4 Å². The van der Waals surface area contributed by atoms with Crippen LogP contribution in [0.2, 0.25) is 0 Å². The molecule has 0 saturated carbocycles. The zero-order chi connectivity index (χ0) is 15.9. The van der Waals surface area contributed by atoms with Crippen LogP contribution in [0.5, 0.6) is 11.5 Å². The van der Waals surface area contributed by atoms with Gasteiger partial charge >= 0.3 is 6.18 Å². The minimum Gasteiger partial charge on any atom is -0.497 e. The summed E-state index contributed by atoms with van der Waals surface area (Å²) in [7, 11) is 1.55. The zero-order valence-corrected chi connectivity index (χ0v) is 12.1. The second-order valence-electron chi connectivity index (χ2n) is 4.67. The van der Waals surface area contributed by atoms with E-state index in [9.17, 15) is 13.2 Å². The number of halogens is 3. The van der Waals surface area contributed by atoms with E-state index in [0.29, 0.717) is 17.9 Å². The number of rotatable bonds is 8. The molecule has 1 rings (SSSR count). The number of benzene rings is 1. The van der Waals surface area contributed by atoms with Gasteiger partial charge in [0.25, 0.3) is 0 Å². The number of ether oxygens (including phenoxy) is 3. The second-order valence-corrected chi connectivity index (χ2v) is 4.67. The van der Waals surface area contributed by atoms with Gasteiger partial charge in [-0.05, 0) is 37.1 Å². The van der Waals surface area contributed by atoms with Gasteiger partial charge in [-0.15, -0.1) is 0 Å². The Hall–Kier alpha value is -1.47. The maximum Gasteiger partial charge on any atom is 0.411 e. The summed E-state index contributed by atoms with van der Waals surface area (Å²) in [5.74, 6) is 1.25. The molecule has 0 fully saturated rings. The summed E-state index contributed by atoms with van der Waals surface area (Å²) in [5.41, 5.74) is 6.61. The SMILES string of the molecule is COc1ccc(OCCOCC(F)(F)F)c(CC(C)N)c1. The van der Waals surface area contributed by atoms with Crippen LogP contribution in [-0.4, -0.2) is 39.1 Å². The van der Waals surface area contributed by atoms with E-state index in [2.05, 4.69) is 4.74 Å². The molecular formula is C14H20F3NO3. The molecule has 0 saturated heterocycles. The third-order valence-corrected chi connectivity index (χ3v) is 2.56. The fourth-order valence-electron chi connectivity index (χ4n) is 1.73. The minimum absolute atomic E-state index is 0.0361. The average Bonchev–Trinajstić information content (AvgIpc) is 2.37. The summed E-state index contributed by atoms with van der Waals surface area (Å²) in [5, 5.41) is 0. The van der Waals surface area contributed by atoms with E-state index in [1.165, 1.54) is 0 Å². The maximum atomic E-state index is 11.9. The molecule has 0 aliphatic heterocycles. The van der Waals surface area contributed by atoms with Gasteiger partial charge in [-0.1, -0.05) is 0 Å². The molecule has 0 heterocycles. The Bertz CT molecular complexity index is 436. The Kier molecular flexibility index (Phi) is 6.77. The van der Waals surface area contributed by atoms with Crippen molar-refractivity contribution in [2.45, 2.75) is 25.6 Å². The Balaban J connectivity index is 2.53. The van der Waals surface area contributed by atoms with E-state index in [4.69, 9.17) is 15.2 Å². The van der Waals surface area contributed by atoms with Gasteiger partial charge in [-0.25, -0.2) is 0 Å². The van der Waals surface area contributed by atoms with Crippen molar-refractivity contribution in [1.82, 2.24) is 0 Å². The van der Waals surface area contributed by atoms with Crippen molar-refractivity contribution in [2.24, 2.45) is 5.73 Å². The molecule has 1 aromatic rings. The lowest BCUT2D eigenvalue weighted by atomic mass is 10.1. The summed E-state index contributed by atoms with van der Waals surface area (Å²) in [6.07, 6.45) is -3.74. The quantitative estimate of drug-likeness (QED) is 0.750. The molecule has 0 radical (unpaired) electrons. The molecule has 0 aliphatic rings. The number of methoxy groups -OCH3 is 1. The molecule has 0 amide bonds. The second kappa shape index (κ2) is 8.09. The first-order valence-electron chi connectivity index (χ1n) is 6.51. The van der Waals surface area contributed by atoms with Crippen molar-refractivity contribution in [2.75, 3.05) is 26.9 Å². The van der Waals surface area contributed by atoms with Gasteiger partial charge < -0.3 is 19.9 Å². The van der Waals surface area contributed by atoms with Gasteiger partial charge in [0.1, 0.15) is 24.7 Å². The van der Waals surface area contributed by atoms with Crippen molar-refractivity contribution in [1.29, 1.82) is 0 Å². The summed E-state index contributed by atoms with van der Waals surface area (Å²) < 4.78 is 50.8. The topological polar surface area (TPSA) is 53.7 Å². The van der Waals surface area contributed by atoms with E-state index < -0.39 is 12.8 Å². The molecule has 1 atom stereocenters. The third-order valence-electron chi connectivity index (χ3n) is 2.56. The lowest BCUT2D eigenvalue weighted by molar-refractivity contribution is -0.175. The largest absolute Gasteiger partial charge is 0.497 e. The van der Waals surface area contributed by atoms with E-state index in [1.807, 2.05) is 6.92 Å². The average molecular weight is 307 g/mol. The predicted molar refractivity (Wildman–Crippen MR) is 72.7 cm³/mol. The van der Waals surface area contributed by atoms with E-state index in [0.717, 1.165) is 5.56 Å². The van der Waals surface area contributed by atoms with Crippen LogP contribution < -0.4 is 15.2 Å². The molecule has 2 N–H and O–H groups in total. The molecule has 1 aromatic carbocycles. The van der Waals surface area contributed by atoms with Crippen LogP contribution in [0, 0.1) is 0 Å². The Morgan fingerprint density at radius 2 is 1.95 bits per heavy atom. The Labute approximate surface area is 122 Å². The summed E-state index contributed by atoms with van der Waals surface area (Å²) in [4.78, 5) is 0. The molecule has 21 heavy (non-hydrogen) atoms. The van der Waals surface area contributed by atoms with Crippen molar-refractivity contribution in [3.63, 3.8) is 0 Å². The molecule has 0 aliphatic carbocycles. The molecule has 7 heteroatoms. The highest BCUT2D eigenvalue weighted by Gasteiger charge is 2.27. The summed E-state index contributed by atoms with van der Waals surface area (Å²) >= 11 is 0. The van der Waals surface area contributed by atoms with Gasteiger partial charge in [0, 0.05) is 6.04 Å². The van der Waals surface area contributed by atoms with Crippen LogP contribution in [0.3, 0.4) is 0 Å². The van der Waals surface area contributed by atoms with Crippen LogP contribution in [0.15, 0.2) is 18.2 Å². The third kappa shape index (κ3) is 7.19. The molecule has 4 nitrogen and oxygen atoms in total. The summed E-state index contributed by atoms with van der Waals surface area (Å²) in [6, 6.07) is 5.16. The van der Waals surface area contributed by atoms with Gasteiger partial charge in [0.05, 0.1) is 13.7 Å². The maximum absolute atomic E-state index is 11.9. The first-order valence-corrected chi connectivity index (χ1v) is 6.51. The predicted octanol–water partition coefficient (Wildman–Crippen LogP) is 2.54. The fraction of sp³-hybridized carbons (Fsp3) is 0.571. The van der Waals surface area contributed by atoms with Crippen LogP contribution in [0.1, 0.15) is 12.5 Å². The van der Waals surface area contributed by atoms with Crippen LogP contribution in [0.25, 0.3) is 0 Å². The van der Waals surface area contributed by atoms with Crippen molar-refractivity contribution in [3.05, 3.63) is 23.8 Å². The molecule has 120 valence electrons. The smallest absolute Gasteiger partial charge is 0.411 e. The lowest BCUT2D eigenvalue weighted by Crippen LogP contribution is -2.20. The number of nitrogens with two attached hydrogens (primary N) is 1. The first kappa shape index (κ1) is 17.6. The van der Waals surface area contributed by atoms with E-state index in [1.54, 1.807) is 25.3 Å². The van der Waals surface area contributed by atoms with Crippen molar-refractivity contribution in [3.8, 4) is 11.5 Å². The highest BCUT2D eigenvalue weighted by atomic mass is 19.4. The van der Waals surface area contributed by atoms with Crippen LogP contribution >= 0.6 is 0 Å². The monoisotopic (exact) mass is 307 g/mol. The van der Waals surface area contributed by atoms with E-state index in [-0.39, 0.29) is 19.3 Å². The molecule has 0 bridgehead atoms. The summed E-state index contributed by atoms with van der Waals surface area (Å²) in [6.45, 7) is 0.485. The highest BCUT2D eigenvalue weighted by Crippen LogP contribution is 2.25. The first-order chi connectivity index (χ1) is 9.81. The molecule has 1 unspecified atom stereocenters. The van der Waals surface area contributed by atoms with Crippen LogP contribution in [-0.2, 0) is 11.2 Å². The standard InChI is InChI=1S/C14H20F3NO3/c1-10(18)7-11-8-12(19-2)3-4-13(11)21-6-5-20-9-14(15,16)17/h3-4,8,10H,5-7,9,18H2,1-2H3. The number of alkyl halides is 3. The molecule has 0 aromatic heterocycles. The van der Waals surface area contributed by atoms with Gasteiger partial charge in [-0.3, -0.25) is 0 Å². The van der Waals surface area contributed by atoms with Crippen LogP contribution in [0.4, 0.5) is 13.2 Å². The fourth-order valence-corrected chi connectivity index (χ4v) is 1.73. The lowest BCUT2D eigenvalue weighted by Gasteiger charge is -2.15. The van der Waals surface area contributed by atoms with E-state index >= 15 is 0 Å². The molecule has 0 spiro atoms. The normalized spacial score (nSPS) is 13.0. The van der Waals surface area contributed by atoms with Crippen molar-refractivity contribution >= 4 is 0 Å². The number of hydrogen-bond donors (Lipinski definition) is 1. The molecular weight excluding hydrogens is 287 g/mol. The highest BCUT2D eigenvalue weighted by molar-refractivity contribution is 5.40. The minimum atomic E-state index is -4.32. The van der Waals surface area contributed by atoms with Gasteiger partial charge in [0.15, 0.2) is 0 Å². The zero-order valence-electron chi connectivity index (χ0n) is 12.1. The number of hydrogen-bond acceptors (Lipinski definition) is 4.